The minimum absolute atomic E-state index is 0.515. The van der Waals surface area contributed by atoms with E-state index < -0.39 is 0 Å². The predicted molar refractivity (Wildman–Crippen MR) is 54.2 cm³/mol. The van der Waals surface area contributed by atoms with Crippen LogP contribution in [0.15, 0.2) is 24.8 Å². The highest BCUT2D eigenvalue weighted by Crippen LogP contribution is 1.99. The summed E-state index contributed by atoms with van der Waals surface area (Å²) in [6.45, 7) is 2.14. The van der Waals surface area contributed by atoms with Crippen LogP contribution in [-0.2, 0) is 0 Å². The minimum Gasteiger partial charge on any atom is -0.317 e. The smallest absolute Gasteiger partial charge is 0.115 e. The first-order chi connectivity index (χ1) is 6.33. The maximum absolute atomic E-state index is 3.92. The van der Waals surface area contributed by atoms with Crippen molar-refractivity contribution in [3.8, 4) is 0 Å². The van der Waals surface area contributed by atoms with E-state index in [1.165, 1.54) is 6.33 Å². The fourth-order valence-corrected chi connectivity index (χ4v) is 0.923. The monoisotopic (exact) mass is 177 g/mol. The molecular formula is C10H15N3. The molecule has 1 rings (SSSR count). The third-order valence-corrected chi connectivity index (χ3v) is 1.87. The van der Waals surface area contributed by atoms with E-state index in [0.29, 0.717) is 6.04 Å². The lowest BCUT2D eigenvalue weighted by Crippen LogP contribution is -2.19. The third kappa shape index (κ3) is 3.80. The van der Waals surface area contributed by atoms with Gasteiger partial charge in [0.2, 0.25) is 0 Å². The van der Waals surface area contributed by atoms with E-state index in [1.54, 1.807) is 12.4 Å². The first-order valence-corrected chi connectivity index (χ1v) is 4.41. The average molecular weight is 177 g/mol. The van der Waals surface area contributed by atoms with Crippen molar-refractivity contribution in [1.29, 1.82) is 0 Å². The van der Waals surface area contributed by atoms with Crippen molar-refractivity contribution in [1.82, 2.24) is 15.3 Å². The Kier molecular flexibility index (Phi) is 4.12. The van der Waals surface area contributed by atoms with Gasteiger partial charge >= 0.3 is 0 Å². The quantitative estimate of drug-likeness (QED) is 0.757. The second-order valence-corrected chi connectivity index (χ2v) is 3.00. The molecule has 0 aromatic carbocycles. The molecule has 0 aliphatic heterocycles. The van der Waals surface area contributed by atoms with Gasteiger partial charge in [-0.2, -0.15) is 0 Å². The van der Waals surface area contributed by atoms with Crippen molar-refractivity contribution in [3.05, 3.63) is 30.4 Å². The molecule has 0 unspecified atom stereocenters. The Morgan fingerprint density at radius 3 is 2.77 bits per heavy atom. The molecule has 70 valence electrons. The van der Waals surface area contributed by atoms with Crippen LogP contribution < -0.4 is 5.32 Å². The van der Waals surface area contributed by atoms with E-state index in [1.807, 2.05) is 13.1 Å². The van der Waals surface area contributed by atoms with Gasteiger partial charge in [0, 0.05) is 24.0 Å². The lowest BCUT2D eigenvalue weighted by atomic mass is 10.2. The van der Waals surface area contributed by atoms with Crippen LogP contribution in [0.25, 0.3) is 6.08 Å². The summed E-state index contributed by atoms with van der Waals surface area (Å²) < 4.78 is 0. The molecule has 1 heterocycles. The van der Waals surface area contributed by atoms with Crippen molar-refractivity contribution in [2.45, 2.75) is 19.4 Å². The SMILES string of the molecule is CN[C@H](C)CC=Cc1cncnc1. The summed E-state index contributed by atoms with van der Waals surface area (Å²) in [5, 5.41) is 3.17. The predicted octanol–water partition coefficient (Wildman–Crippen LogP) is 1.49. The van der Waals surface area contributed by atoms with Crippen LogP contribution in [0.2, 0.25) is 0 Å². The van der Waals surface area contributed by atoms with E-state index in [-0.39, 0.29) is 0 Å². The van der Waals surface area contributed by atoms with E-state index in [2.05, 4.69) is 28.3 Å². The molecular weight excluding hydrogens is 162 g/mol. The van der Waals surface area contributed by atoms with Gasteiger partial charge in [-0.1, -0.05) is 12.2 Å². The number of nitrogens with zero attached hydrogens (tertiary/aromatic N) is 2. The average Bonchev–Trinajstić information content (AvgIpc) is 2.19. The van der Waals surface area contributed by atoms with Crippen molar-refractivity contribution in [2.24, 2.45) is 0 Å². The molecule has 0 radical (unpaired) electrons. The Morgan fingerprint density at radius 2 is 2.15 bits per heavy atom. The zero-order valence-corrected chi connectivity index (χ0v) is 8.07. The highest BCUT2D eigenvalue weighted by molar-refractivity contribution is 5.45. The second kappa shape index (κ2) is 5.43. The standard InChI is InChI=1S/C10H15N3/c1-9(11-2)4-3-5-10-6-12-8-13-7-10/h3,5-9,11H,4H2,1-2H3/t9-/m1/s1. The number of nitrogens with one attached hydrogen (secondary N) is 1. The fourth-order valence-electron chi connectivity index (χ4n) is 0.923. The van der Waals surface area contributed by atoms with E-state index in [0.717, 1.165) is 12.0 Å². The van der Waals surface area contributed by atoms with Crippen molar-refractivity contribution < 1.29 is 0 Å². The molecule has 0 amide bonds. The lowest BCUT2D eigenvalue weighted by molar-refractivity contribution is 0.621. The molecule has 1 N–H and O–H groups in total. The van der Waals surface area contributed by atoms with Crippen LogP contribution in [0.1, 0.15) is 18.9 Å². The normalized spacial score (nSPS) is 13.4. The summed E-state index contributed by atoms with van der Waals surface area (Å²) in [6.07, 6.45) is 10.3. The van der Waals surface area contributed by atoms with E-state index >= 15 is 0 Å². The molecule has 3 nitrogen and oxygen atoms in total. The molecule has 3 heteroatoms. The Bertz CT molecular complexity index is 256. The molecule has 0 aliphatic carbocycles. The summed E-state index contributed by atoms with van der Waals surface area (Å²) in [6, 6.07) is 0.515. The van der Waals surface area contributed by atoms with Gasteiger partial charge in [-0.15, -0.1) is 0 Å². The highest BCUT2D eigenvalue weighted by Gasteiger charge is 1.92. The van der Waals surface area contributed by atoms with Crippen LogP contribution in [0.4, 0.5) is 0 Å². The lowest BCUT2D eigenvalue weighted by Gasteiger charge is -2.04. The van der Waals surface area contributed by atoms with Crippen molar-refractivity contribution in [3.63, 3.8) is 0 Å². The van der Waals surface area contributed by atoms with Gasteiger partial charge in [0.25, 0.3) is 0 Å². The number of hydrogen-bond acceptors (Lipinski definition) is 3. The summed E-state index contributed by atoms with van der Waals surface area (Å²) >= 11 is 0. The van der Waals surface area contributed by atoms with Gasteiger partial charge in [-0.05, 0) is 20.4 Å². The first-order valence-electron chi connectivity index (χ1n) is 4.41. The first kappa shape index (κ1) is 9.86. The zero-order chi connectivity index (χ0) is 9.52. The third-order valence-electron chi connectivity index (χ3n) is 1.87. The van der Waals surface area contributed by atoms with Crippen LogP contribution in [0.3, 0.4) is 0 Å². The molecule has 1 aromatic heterocycles. The largest absolute Gasteiger partial charge is 0.317 e. The summed E-state index contributed by atoms with van der Waals surface area (Å²) in [5.41, 5.74) is 1.05. The maximum Gasteiger partial charge on any atom is 0.115 e. The Morgan fingerprint density at radius 1 is 1.46 bits per heavy atom. The van der Waals surface area contributed by atoms with Gasteiger partial charge in [0.1, 0.15) is 6.33 Å². The van der Waals surface area contributed by atoms with Gasteiger partial charge in [0.15, 0.2) is 0 Å². The maximum atomic E-state index is 3.92. The summed E-state index contributed by atoms with van der Waals surface area (Å²) in [7, 11) is 1.96. The molecule has 1 atom stereocenters. The summed E-state index contributed by atoms with van der Waals surface area (Å²) in [4.78, 5) is 7.85. The molecule has 0 saturated heterocycles. The molecule has 0 bridgehead atoms. The Hall–Kier alpha value is -1.22. The number of hydrogen-bond donors (Lipinski definition) is 1. The topological polar surface area (TPSA) is 37.8 Å². The Labute approximate surface area is 78.9 Å². The van der Waals surface area contributed by atoms with E-state index in [9.17, 15) is 0 Å². The molecule has 1 aromatic rings. The Balaban J connectivity index is 2.41. The van der Waals surface area contributed by atoms with Crippen LogP contribution >= 0.6 is 0 Å². The van der Waals surface area contributed by atoms with Gasteiger partial charge in [0.05, 0.1) is 0 Å². The molecule has 13 heavy (non-hydrogen) atoms. The highest BCUT2D eigenvalue weighted by atomic mass is 14.8. The van der Waals surface area contributed by atoms with Crippen LogP contribution in [0.5, 0.6) is 0 Å². The van der Waals surface area contributed by atoms with Gasteiger partial charge < -0.3 is 5.32 Å². The number of rotatable bonds is 4. The van der Waals surface area contributed by atoms with Gasteiger partial charge in [-0.3, -0.25) is 0 Å². The number of aromatic nitrogens is 2. The van der Waals surface area contributed by atoms with Crippen LogP contribution in [-0.4, -0.2) is 23.1 Å². The second-order valence-electron chi connectivity index (χ2n) is 3.00. The molecule has 0 spiro atoms. The van der Waals surface area contributed by atoms with Gasteiger partial charge in [-0.25, -0.2) is 9.97 Å². The van der Waals surface area contributed by atoms with Crippen molar-refractivity contribution >= 4 is 6.08 Å². The molecule has 0 aliphatic rings. The minimum atomic E-state index is 0.515. The van der Waals surface area contributed by atoms with Crippen molar-refractivity contribution in [2.75, 3.05) is 7.05 Å². The molecule has 0 fully saturated rings. The fraction of sp³-hybridized carbons (Fsp3) is 0.400. The summed E-state index contributed by atoms with van der Waals surface area (Å²) in [5.74, 6) is 0. The van der Waals surface area contributed by atoms with Crippen LogP contribution in [0, 0.1) is 0 Å². The zero-order valence-electron chi connectivity index (χ0n) is 8.07. The van der Waals surface area contributed by atoms with E-state index in [4.69, 9.17) is 0 Å². The molecule has 0 saturated carbocycles.